The lowest BCUT2D eigenvalue weighted by Crippen LogP contribution is -2.14. The molecule has 0 atom stereocenters. The summed E-state index contributed by atoms with van der Waals surface area (Å²) in [4.78, 5) is 4.17. The third kappa shape index (κ3) is 4.15. The molecule has 134 valence electrons. The molecule has 0 aliphatic rings. The Balaban J connectivity index is 1.74. The van der Waals surface area contributed by atoms with Crippen molar-refractivity contribution in [3.8, 4) is 0 Å². The van der Waals surface area contributed by atoms with Crippen molar-refractivity contribution in [3.05, 3.63) is 78.0 Å². The fraction of sp³-hybridized carbons (Fsp3) is 0.0556. The molecule has 0 amide bonds. The molecular weight excluding hydrogens is 360 g/mol. The van der Waals surface area contributed by atoms with Crippen LogP contribution in [0.15, 0.2) is 65.7 Å². The topological polar surface area (TPSA) is 71.1 Å². The Kier molecular flexibility index (Phi) is 4.85. The van der Waals surface area contributed by atoms with E-state index in [9.17, 15) is 17.2 Å². The first-order valence-electron chi connectivity index (χ1n) is 7.61. The number of sulfonamides is 1. The predicted octanol–water partition coefficient (Wildman–Crippen LogP) is 4.21. The van der Waals surface area contributed by atoms with Crippen molar-refractivity contribution in [2.75, 3.05) is 10.0 Å². The average molecular weight is 375 g/mol. The molecule has 8 heteroatoms. The van der Waals surface area contributed by atoms with Gasteiger partial charge in [-0.25, -0.2) is 22.2 Å². The number of nitrogens with one attached hydrogen (secondary N) is 2. The van der Waals surface area contributed by atoms with Crippen LogP contribution < -0.4 is 10.0 Å². The Bertz CT molecular complexity index is 1040. The van der Waals surface area contributed by atoms with Crippen LogP contribution in [-0.2, 0) is 10.0 Å². The van der Waals surface area contributed by atoms with Gasteiger partial charge in [0.1, 0.15) is 5.82 Å². The molecule has 0 radical (unpaired) electrons. The van der Waals surface area contributed by atoms with Crippen molar-refractivity contribution in [1.82, 2.24) is 4.98 Å². The van der Waals surface area contributed by atoms with E-state index < -0.39 is 21.7 Å². The van der Waals surface area contributed by atoms with Gasteiger partial charge < -0.3 is 5.32 Å². The van der Waals surface area contributed by atoms with Crippen LogP contribution in [0.2, 0.25) is 0 Å². The van der Waals surface area contributed by atoms with Crippen molar-refractivity contribution in [1.29, 1.82) is 0 Å². The number of aryl methyl sites for hydroxylation is 1. The summed E-state index contributed by atoms with van der Waals surface area (Å²) in [5.41, 5.74) is 1.67. The number of hydrogen-bond acceptors (Lipinski definition) is 4. The number of anilines is 3. The molecule has 1 aromatic heterocycles. The van der Waals surface area contributed by atoms with Gasteiger partial charge >= 0.3 is 0 Å². The van der Waals surface area contributed by atoms with E-state index in [1.165, 1.54) is 24.4 Å². The Morgan fingerprint density at radius 1 is 0.923 bits per heavy atom. The van der Waals surface area contributed by atoms with Crippen LogP contribution in [-0.4, -0.2) is 13.4 Å². The Hall–Kier alpha value is -3.00. The lowest BCUT2D eigenvalue weighted by molar-refractivity contribution is 0.509. The third-order valence-corrected chi connectivity index (χ3v) is 4.86. The molecule has 3 rings (SSSR count). The van der Waals surface area contributed by atoms with Crippen molar-refractivity contribution in [2.24, 2.45) is 0 Å². The van der Waals surface area contributed by atoms with Gasteiger partial charge in [-0.05, 0) is 48.9 Å². The maximum absolute atomic E-state index is 13.2. The van der Waals surface area contributed by atoms with E-state index >= 15 is 0 Å². The normalized spacial score (nSPS) is 11.2. The van der Waals surface area contributed by atoms with E-state index in [1.807, 2.05) is 0 Å². The van der Waals surface area contributed by atoms with Gasteiger partial charge in [-0.15, -0.1) is 0 Å². The monoisotopic (exact) mass is 375 g/mol. The van der Waals surface area contributed by atoms with Gasteiger partial charge in [0.25, 0.3) is 10.0 Å². The largest absolute Gasteiger partial charge is 0.354 e. The summed E-state index contributed by atoms with van der Waals surface area (Å²) in [7, 11) is -3.74. The second-order valence-corrected chi connectivity index (χ2v) is 7.29. The van der Waals surface area contributed by atoms with E-state index in [4.69, 9.17) is 0 Å². The lowest BCUT2D eigenvalue weighted by atomic mass is 10.2. The molecule has 2 aromatic carbocycles. The van der Waals surface area contributed by atoms with E-state index in [2.05, 4.69) is 15.0 Å². The molecule has 0 saturated heterocycles. The van der Waals surface area contributed by atoms with Crippen LogP contribution in [0.4, 0.5) is 26.0 Å². The number of pyridine rings is 1. The fourth-order valence-corrected chi connectivity index (χ4v) is 3.36. The summed E-state index contributed by atoms with van der Waals surface area (Å²) < 4.78 is 53.3. The fourth-order valence-electron chi connectivity index (χ4n) is 2.25. The standard InChI is InChI=1S/C18H15F2N3O2S/c1-12-3-2-4-15(9-12)26(24,25)23-18-8-6-14(11-21-18)22-13-5-7-16(19)17(20)10-13/h2-11,22H,1H3,(H,21,23). The molecule has 26 heavy (non-hydrogen) atoms. The van der Waals surface area contributed by atoms with Gasteiger partial charge in [0.05, 0.1) is 16.8 Å². The van der Waals surface area contributed by atoms with Crippen LogP contribution in [0.3, 0.4) is 0 Å². The van der Waals surface area contributed by atoms with Crippen LogP contribution in [0.25, 0.3) is 0 Å². The average Bonchev–Trinajstić information content (AvgIpc) is 2.60. The summed E-state index contributed by atoms with van der Waals surface area (Å²) in [5, 5.41) is 2.85. The van der Waals surface area contributed by atoms with Crippen LogP contribution in [0.5, 0.6) is 0 Å². The Morgan fingerprint density at radius 3 is 2.35 bits per heavy atom. The molecule has 0 aliphatic carbocycles. The number of aromatic nitrogens is 1. The zero-order chi connectivity index (χ0) is 18.7. The number of halogens is 2. The van der Waals surface area contributed by atoms with Gasteiger partial charge in [-0.3, -0.25) is 4.72 Å². The minimum atomic E-state index is -3.74. The molecule has 1 heterocycles. The second-order valence-electron chi connectivity index (χ2n) is 5.61. The van der Waals surface area contributed by atoms with Crippen molar-refractivity contribution in [2.45, 2.75) is 11.8 Å². The highest BCUT2D eigenvalue weighted by atomic mass is 32.2. The van der Waals surface area contributed by atoms with Gasteiger partial charge in [-0.2, -0.15) is 0 Å². The number of hydrogen-bond donors (Lipinski definition) is 2. The van der Waals surface area contributed by atoms with E-state index in [1.54, 1.807) is 31.2 Å². The summed E-state index contributed by atoms with van der Waals surface area (Å²) in [6.45, 7) is 1.80. The second kappa shape index (κ2) is 7.09. The zero-order valence-corrected chi connectivity index (χ0v) is 14.5. The highest BCUT2D eigenvalue weighted by Crippen LogP contribution is 2.20. The minimum absolute atomic E-state index is 0.141. The maximum Gasteiger partial charge on any atom is 0.263 e. The summed E-state index contributed by atoms with van der Waals surface area (Å²) >= 11 is 0. The Labute approximate surface area is 149 Å². The highest BCUT2D eigenvalue weighted by molar-refractivity contribution is 7.92. The van der Waals surface area contributed by atoms with Crippen LogP contribution >= 0.6 is 0 Å². The van der Waals surface area contributed by atoms with E-state index in [-0.39, 0.29) is 10.7 Å². The van der Waals surface area contributed by atoms with E-state index in [0.717, 1.165) is 17.7 Å². The summed E-state index contributed by atoms with van der Waals surface area (Å²) in [5.74, 6) is -1.76. The molecule has 0 fully saturated rings. The molecule has 0 saturated carbocycles. The zero-order valence-electron chi connectivity index (χ0n) is 13.7. The number of benzene rings is 2. The predicted molar refractivity (Wildman–Crippen MR) is 95.9 cm³/mol. The van der Waals surface area contributed by atoms with Crippen LogP contribution in [0, 0.1) is 18.6 Å². The number of nitrogens with zero attached hydrogens (tertiary/aromatic N) is 1. The van der Waals surface area contributed by atoms with Gasteiger partial charge in [-0.1, -0.05) is 12.1 Å². The SMILES string of the molecule is Cc1cccc(S(=O)(=O)Nc2ccc(Nc3ccc(F)c(F)c3)cn2)c1. The Morgan fingerprint density at radius 2 is 1.69 bits per heavy atom. The molecule has 2 N–H and O–H groups in total. The molecule has 0 spiro atoms. The van der Waals surface area contributed by atoms with Crippen LogP contribution in [0.1, 0.15) is 5.56 Å². The first-order valence-corrected chi connectivity index (χ1v) is 9.09. The smallest absolute Gasteiger partial charge is 0.263 e. The molecule has 0 aliphatic heterocycles. The third-order valence-electron chi connectivity index (χ3n) is 3.51. The van der Waals surface area contributed by atoms with Crippen molar-refractivity contribution >= 4 is 27.2 Å². The molecule has 0 unspecified atom stereocenters. The van der Waals surface area contributed by atoms with Gasteiger partial charge in [0.2, 0.25) is 0 Å². The maximum atomic E-state index is 13.2. The van der Waals surface area contributed by atoms with Gasteiger partial charge in [0, 0.05) is 11.8 Å². The van der Waals surface area contributed by atoms with Gasteiger partial charge in [0.15, 0.2) is 11.6 Å². The summed E-state index contributed by atoms with van der Waals surface area (Å²) in [6, 6.07) is 13.0. The first kappa shape index (κ1) is 17.8. The number of rotatable bonds is 5. The highest BCUT2D eigenvalue weighted by Gasteiger charge is 2.14. The van der Waals surface area contributed by atoms with Crippen molar-refractivity contribution < 1.29 is 17.2 Å². The first-order chi connectivity index (χ1) is 12.3. The molecule has 3 aromatic rings. The minimum Gasteiger partial charge on any atom is -0.354 e. The molecule has 0 bridgehead atoms. The van der Waals surface area contributed by atoms with E-state index in [0.29, 0.717) is 11.4 Å². The lowest BCUT2D eigenvalue weighted by Gasteiger charge is -2.10. The quantitative estimate of drug-likeness (QED) is 0.701. The molecule has 5 nitrogen and oxygen atoms in total. The summed E-state index contributed by atoms with van der Waals surface area (Å²) in [6.07, 6.45) is 1.38. The molecular formula is C18H15F2N3O2S. The van der Waals surface area contributed by atoms with Crippen molar-refractivity contribution in [3.63, 3.8) is 0 Å².